The molecule has 0 radical (unpaired) electrons. The second-order valence-corrected chi connectivity index (χ2v) is 6.11. The number of H-pyrrole nitrogens is 1. The summed E-state index contributed by atoms with van der Waals surface area (Å²) in [4.78, 5) is 3.85. The third-order valence-corrected chi connectivity index (χ3v) is 4.30. The van der Waals surface area contributed by atoms with Gasteiger partial charge in [0.25, 0.3) is 0 Å². The van der Waals surface area contributed by atoms with E-state index in [-0.39, 0.29) is 17.0 Å². The number of aromatic amines is 1. The van der Waals surface area contributed by atoms with E-state index < -0.39 is 22.4 Å². The number of aromatic nitrogens is 3. The van der Waals surface area contributed by atoms with E-state index in [9.17, 15) is 12.8 Å². The van der Waals surface area contributed by atoms with Gasteiger partial charge in [0.05, 0.1) is 11.5 Å². The van der Waals surface area contributed by atoms with Gasteiger partial charge in [0.15, 0.2) is 0 Å². The van der Waals surface area contributed by atoms with Crippen LogP contribution in [0, 0.1) is 5.82 Å². The lowest BCUT2D eigenvalue weighted by molar-refractivity contribution is 0.275. The highest BCUT2D eigenvalue weighted by atomic mass is 32.2. The van der Waals surface area contributed by atoms with Gasteiger partial charge in [-0.05, 0) is 24.6 Å². The van der Waals surface area contributed by atoms with E-state index in [1.807, 2.05) is 0 Å². The van der Waals surface area contributed by atoms with Gasteiger partial charge in [-0.1, -0.05) is 0 Å². The fraction of sp³-hybridized carbons (Fsp3) is 0.333. The number of benzene rings is 1. The van der Waals surface area contributed by atoms with Crippen LogP contribution in [-0.4, -0.2) is 35.3 Å². The standard InChI is InChI=1S/C12H15FN4O3S/c13-11-4-3-10(6-9(11)7-18)21(19,20)16-5-1-2-12-14-8-15-17-12/h3-4,6,8,16,18H,1-2,5,7H2,(H,14,15,17). The second kappa shape index (κ2) is 6.74. The number of sulfonamides is 1. The van der Waals surface area contributed by atoms with Crippen molar-refractivity contribution in [3.8, 4) is 0 Å². The van der Waals surface area contributed by atoms with Crippen molar-refractivity contribution < 1.29 is 17.9 Å². The first-order valence-corrected chi connectivity index (χ1v) is 7.74. The van der Waals surface area contributed by atoms with Crippen molar-refractivity contribution in [3.63, 3.8) is 0 Å². The molecule has 0 unspecified atom stereocenters. The fourth-order valence-corrected chi connectivity index (χ4v) is 2.86. The van der Waals surface area contributed by atoms with Gasteiger partial charge in [0, 0.05) is 18.5 Å². The Balaban J connectivity index is 1.95. The van der Waals surface area contributed by atoms with Crippen LogP contribution in [0.3, 0.4) is 0 Å². The molecule has 0 fully saturated rings. The van der Waals surface area contributed by atoms with Crippen LogP contribution in [-0.2, 0) is 23.1 Å². The summed E-state index contributed by atoms with van der Waals surface area (Å²) in [6, 6.07) is 3.30. The molecule has 2 rings (SSSR count). The molecule has 1 heterocycles. The first kappa shape index (κ1) is 15.5. The lowest BCUT2D eigenvalue weighted by Gasteiger charge is -2.08. The third-order valence-electron chi connectivity index (χ3n) is 2.85. The Bertz CT molecular complexity index is 689. The maximum absolute atomic E-state index is 13.2. The maximum atomic E-state index is 13.2. The van der Waals surface area contributed by atoms with Crippen LogP contribution >= 0.6 is 0 Å². The monoisotopic (exact) mass is 314 g/mol. The zero-order valence-electron chi connectivity index (χ0n) is 11.1. The van der Waals surface area contributed by atoms with E-state index in [2.05, 4.69) is 19.9 Å². The quantitative estimate of drug-likeness (QED) is 0.639. The molecule has 0 aliphatic carbocycles. The van der Waals surface area contributed by atoms with E-state index in [0.717, 1.165) is 18.2 Å². The molecule has 1 aromatic heterocycles. The van der Waals surface area contributed by atoms with Gasteiger partial charge in [-0.25, -0.2) is 22.5 Å². The van der Waals surface area contributed by atoms with Crippen molar-refractivity contribution in [2.45, 2.75) is 24.3 Å². The van der Waals surface area contributed by atoms with Crippen LogP contribution < -0.4 is 4.72 Å². The van der Waals surface area contributed by atoms with Crippen molar-refractivity contribution in [2.75, 3.05) is 6.54 Å². The van der Waals surface area contributed by atoms with Crippen LogP contribution in [0.1, 0.15) is 17.8 Å². The molecule has 0 aliphatic rings. The molecule has 2 aromatic rings. The molecule has 0 saturated carbocycles. The molecule has 1 aromatic carbocycles. The summed E-state index contributed by atoms with van der Waals surface area (Å²) < 4.78 is 39.7. The van der Waals surface area contributed by atoms with Gasteiger partial charge in [-0.3, -0.25) is 5.10 Å². The van der Waals surface area contributed by atoms with Crippen LogP contribution in [0.4, 0.5) is 4.39 Å². The zero-order chi connectivity index (χ0) is 15.3. The SMILES string of the molecule is O=S(=O)(NCCCc1ncn[nH]1)c1ccc(F)c(CO)c1. The first-order chi connectivity index (χ1) is 10.0. The number of nitrogens with zero attached hydrogens (tertiary/aromatic N) is 2. The van der Waals surface area contributed by atoms with Gasteiger partial charge in [0.2, 0.25) is 10.0 Å². The number of aliphatic hydroxyl groups is 1. The summed E-state index contributed by atoms with van der Waals surface area (Å²) in [6.07, 6.45) is 2.49. The number of rotatable bonds is 7. The zero-order valence-corrected chi connectivity index (χ0v) is 11.9. The average Bonchev–Trinajstić information content (AvgIpc) is 2.97. The molecule has 3 N–H and O–H groups in total. The van der Waals surface area contributed by atoms with Crippen molar-refractivity contribution in [2.24, 2.45) is 0 Å². The number of hydrogen-bond donors (Lipinski definition) is 3. The van der Waals surface area contributed by atoms with Gasteiger partial charge in [0.1, 0.15) is 18.0 Å². The molecule has 0 aliphatic heterocycles. The van der Waals surface area contributed by atoms with Gasteiger partial charge >= 0.3 is 0 Å². The predicted molar refractivity (Wildman–Crippen MR) is 72.2 cm³/mol. The summed E-state index contributed by atoms with van der Waals surface area (Å²) in [7, 11) is -3.72. The molecular formula is C12H15FN4O3S. The van der Waals surface area contributed by atoms with Gasteiger partial charge in [-0.15, -0.1) is 0 Å². The second-order valence-electron chi connectivity index (χ2n) is 4.34. The van der Waals surface area contributed by atoms with Crippen LogP contribution in [0.2, 0.25) is 0 Å². The highest BCUT2D eigenvalue weighted by Gasteiger charge is 2.15. The summed E-state index contributed by atoms with van der Waals surface area (Å²) in [5, 5.41) is 15.3. The van der Waals surface area contributed by atoms with Crippen LogP contribution in [0.25, 0.3) is 0 Å². The molecule has 9 heteroatoms. The molecule has 7 nitrogen and oxygen atoms in total. The number of hydrogen-bond acceptors (Lipinski definition) is 5. The summed E-state index contributed by atoms with van der Waals surface area (Å²) in [5.74, 6) is 0.0420. The number of aryl methyl sites for hydroxylation is 1. The number of halogens is 1. The van der Waals surface area contributed by atoms with Gasteiger partial charge in [-0.2, -0.15) is 5.10 Å². The molecule has 0 bridgehead atoms. The topological polar surface area (TPSA) is 108 Å². The maximum Gasteiger partial charge on any atom is 0.240 e. The Kier molecular flexibility index (Phi) is 4.99. The Morgan fingerprint density at radius 3 is 2.86 bits per heavy atom. The predicted octanol–water partition coefficient (Wildman–Crippen LogP) is 0.347. The van der Waals surface area contributed by atoms with Crippen LogP contribution in [0.15, 0.2) is 29.4 Å². The Labute approximate surface area is 121 Å². The molecule has 0 atom stereocenters. The average molecular weight is 314 g/mol. The van der Waals surface area contributed by atoms with E-state index in [0.29, 0.717) is 18.7 Å². The van der Waals surface area contributed by atoms with E-state index in [4.69, 9.17) is 5.11 Å². The van der Waals surface area contributed by atoms with Crippen LogP contribution in [0.5, 0.6) is 0 Å². The first-order valence-electron chi connectivity index (χ1n) is 6.26. The summed E-state index contributed by atoms with van der Waals surface area (Å²) in [5.41, 5.74) is -0.0560. The molecule has 21 heavy (non-hydrogen) atoms. The smallest absolute Gasteiger partial charge is 0.240 e. The van der Waals surface area contributed by atoms with E-state index in [1.165, 1.54) is 6.33 Å². The lowest BCUT2D eigenvalue weighted by Crippen LogP contribution is -2.25. The lowest BCUT2D eigenvalue weighted by atomic mass is 10.2. The normalized spacial score (nSPS) is 11.7. The van der Waals surface area contributed by atoms with Crippen molar-refractivity contribution in [1.29, 1.82) is 0 Å². The molecule has 0 spiro atoms. The Hall–Kier alpha value is -1.84. The molecule has 114 valence electrons. The minimum atomic E-state index is -3.72. The largest absolute Gasteiger partial charge is 0.392 e. The van der Waals surface area contributed by atoms with Crippen molar-refractivity contribution in [3.05, 3.63) is 41.7 Å². The number of aliphatic hydroxyl groups excluding tert-OH is 1. The fourth-order valence-electron chi connectivity index (χ4n) is 1.74. The van der Waals surface area contributed by atoms with Gasteiger partial charge < -0.3 is 5.11 Å². The third kappa shape index (κ3) is 4.06. The minimum absolute atomic E-state index is 0.0560. The molecular weight excluding hydrogens is 299 g/mol. The van der Waals surface area contributed by atoms with Crippen molar-refractivity contribution in [1.82, 2.24) is 19.9 Å². The highest BCUT2D eigenvalue weighted by molar-refractivity contribution is 7.89. The summed E-state index contributed by atoms with van der Waals surface area (Å²) >= 11 is 0. The number of nitrogens with one attached hydrogen (secondary N) is 2. The van der Waals surface area contributed by atoms with Crippen molar-refractivity contribution >= 4 is 10.0 Å². The summed E-state index contributed by atoms with van der Waals surface area (Å²) in [6.45, 7) is -0.338. The van der Waals surface area contributed by atoms with E-state index in [1.54, 1.807) is 0 Å². The van der Waals surface area contributed by atoms with E-state index >= 15 is 0 Å². The highest BCUT2D eigenvalue weighted by Crippen LogP contribution is 2.15. The molecule has 0 saturated heterocycles. The minimum Gasteiger partial charge on any atom is -0.392 e. The molecule has 0 amide bonds. The Morgan fingerprint density at radius 1 is 1.38 bits per heavy atom. The Morgan fingerprint density at radius 2 is 2.19 bits per heavy atom.